The molecule has 0 saturated carbocycles. The number of anilines is 1. The highest BCUT2D eigenvalue weighted by Gasteiger charge is 2.13. The molecule has 1 aromatic heterocycles. The van der Waals surface area contributed by atoms with Crippen molar-refractivity contribution in [3.8, 4) is 5.88 Å². The van der Waals surface area contributed by atoms with E-state index in [1.54, 1.807) is 4.68 Å². The van der Waals surface area contributed by atoms with Crippen LogP contribution >= 0.6 is 0 Å². The molecular formula is C16H23N3O. The first-order valence-electron chi connectivity index (χ1n) is 7.20. The highest BCUT2D eigenvalue weighted by Crippen LogP contribution is 2.25. The monoisotopic (exact) mass is 273 g/mol. The quantitative estimate of drug-likeness (QED) is 0.789. The Kier molecular flexibility index (Phi) is 5.04. The van der Waals surface area contributed by atoms with E-state index in [2.05, 4.69) is 36.3 Å². The lowest BCUT2D eigenvalue weighted by atomic mass is 10.1. The molecule has 20 heavy (non-hydrogen) atoms. The van der Waals surface area contributed by atoms with E-state index in [1.807, 2.05) is 13.1 Å². The lowest BCUT2D eigenvalue weighted by molar-refractivity contribution is 0.286. The van der Waals surface area contributed by atoms with Gasteiger partial charge in [-0.15, -0.1) is 0 Å². The van der Waals surface area contributed by atoms with E-state index in [4.69, 9.17) is 10.5 Å². The van der Waals surface area contributed by atoms with Gasteiger partial charge in [-0.2, -0.15) is 5.10 Å². The minimum atomic E-state index is 0.657. The molecule has 108 valence electrons. The summed E-state index contributed by atoms with van der Waals surface area (Å²) >= 11 is 0. The SMILES string of the molecule is CCCc1nn(C)c(OCCCc2ccccc2)c1N. The molecule has 1 heterocycles. The number of rotatable bonds is 7. The Hall–Kier alpha value is -1.97. The minimum absolute atomic E-state index is 0.657. The Labute approximate surface area is 120 Å². The molecule has 2 rings (SSSR count). The van der Waals surface area contributed by atoms with Crippen molar-refractivity contribution in [2.45, 2.75) is 32.6 Å². The summed E-state index contributed by atoms with van der Waals surface area (Å²) in [5, 5.41) is 4.40. The van der Waals surface area contributed by atoms with Gasteiger partial charge in [0.2, 0.25) is 5.88 Å². The van der Waals surface area contributed by atoms with Crippen molar-refractivity contribution in [2.24, 2.45) is 7.05 Å². The van der Waals surface area contributed by atoms with Gasteiger partial charge in [-0.1, -0.05) is 43.7 Å². The van der Waals surface area contributed by atoms with Crippen molar-refractivity contribution < 1.29 is 4.74 Å². The van der Waals surface area contributed by atoms with Crippen LogP contribution in [0.5, 0.6) is 5.88 Å². The van der Waals surface area contributed by atoms with Crippen LogP contribution in [-0.4, -0.2) is 16.4 Å². The van der Waals surface area contributed by atoms with Crippen LogP contribution in [0.25, 0.3) is 0 Å². The second-order valence-electron chi connectivity index (χ2n) is 4.98. The van der Waals surface area contributed by atoms with E-state index in [1.165, 1.54) is 5.56 Å². The molecule has 2 aromatic rings. The van der Waals surface area contributed by atoms with Crippen molar-refractivity contribution in [1.82, 2.24) is 9.78 Å². The molecule has 4 nitrogen and oxygen atoms in total. The Bertz CT molecular complexity index is 534. The summed E-state index contributed by atoms with van der Waals surface area (Å²) in [6.45, 7) is 2.78. The normalized spacial score (nSPS) is 10.7. The Morgan fingerprint density at radius 1 is 1.20 bits per heavy atom. The lowest BCUT2D eigenvalue weighted by Gasteiger charge is -2.07. The van der Waals surface area contributed by atoms with Gasteiger partial charge in [-0.3, -0.25) is 0 Å². The highest BCUT2D eigenvalue weighted by molar-refractivity contribution is 5.53. The van der Waals surface area contributed by atoms with Gasteiger partial charge >= 0.3 is 0 Å². The van der Waals surface area contributed by atoms with Crippen molar-refractivity contribution in [3.63, 3.8) is 0 Å². The van der Waals surface area contributed by atoms with E-state index in [0.29, 0.717) is 18.2 Å². The van der Waals surface area contributed by atoms with Gasteiger partial charge in [-0.25, -0.2) is 4.68 Å². The van der Waals surface area contributed by atoms with Gasteiger partial charge in [0, 0.05) is 7.05 Å². The lowest BCUT2D eigenvalue weighted by Crippen LogP contribution is -2.05. The zero-order valence-corrected chi connectivity index (χ0v) is 12.3. The second-order valence-corrected chi connectivity index (χ2v) is 4.98. The minimum Gasteiger partial charge on any atom is -0.476 e. The number of aryl methyl sites for hydroxylation is 3. The third-order valence-corrected chi connectivity index (χ3v) is 3.28. The van der Waals surface area contributed by atoms with E-state index in [-0.39, 0.29) is 0 Å². The van der Waals surface area contributed by atoms with Crippen molar-refractivity contribution in [1.29, 1.82) is 0 Å². The maximum absolute atomic E-state index is 6.08. The predicted octanol–water partition coefficient (Wildman–Crippen LogP) is 2.97. The molecule has 0 aliphatic carbocycles. The molecule has 0 spiro atoms. The zero-order valence-electron chi connectivity index (χ0n) is 12.3. The number of benzene rings is 1. The van der Waals surface area contributed by atoms with Crippen LogP contribution in [0.1, 0.15) is 31.0 Å². The fraction of sp³-hybridized carbons (Fsp3) is 0.438. The Balaban J connectivity index is 1.85. The summed E-state index contributed by atoms with van der Waals surface area (Å²) < 4.78 is 7.53. The molecule has 0 aliphatic rings. The molecule has 0 radical (unpaired) electrons. The Morgan fingerprint density at radius 2 is 1.95 bits per heavy atom. The van der Waals surface area contributed by atoms with Gasteiger partial charge in [-0.05, 0) is 24.8 Å². The first-order valence-corrected chi connectivity index (χ1v) is 7.20. The third kappa shape index (κ3) is 3.53. The fourth-order valence-corrected chi connectivity index (χ4v) is 2.26. The molecule has 0 unspecified atom stereocenters. The molecular weight excluding hydrogens is 250 g/mol. The summed E-state index contributed by atoms with van der Waals surface area (Å²) in [5.74, 6) is 0.696. The number of nitrogens with two attached hydrogens (primary N) is 1. The van der Waals surface area contributed by atoms with Crippen LogP contribution in [0.4, 0.5) is 5.69 Å². The van der Waals surface area contributed by atoms with Crippen LogP contribution in [-0.2, 0) is 19.9 Å². The maximum Gasteiger partial charge on any atom is 0.235 e. The first kappa shape index (κ1) is 14.4. The van der Waals surface area contributed by atoms with Crippen LogP contribution in [0.3, 0.4) is 0 Å². The standard InChI is InChI=1S/C16H23N3O/c1-3-8-14-15(17)16(19(2)18-14)20-12-7-11-13-9-5-4-6-10-13/h4-6,9-10H,3,7-8,11-12,17H2,1-2H3. The third-order valence-electron chi connectivity index (χ3n) is 3.28. The summed E-state index contributed by atoms with van der Waals surface area (Å²) in [6, 6.07) is 10.4. The van der Waals surface area contributed by atoms with Gasteiger partial charge < -0.3 is 10.5 Å². The number of hydrogen-bond acceptors (Lipinski definition) is 3. The van der Waals surface area contributed by atoms with E-state index in [0.717, 1.165) is 31.4 Å². The van der Waals surface area contributed by atoms with Gasteiger partial charge in [0.15, 0.2) is 0 Å². The van der Waals surface area contributed by atoms with Crippen molar-refractivity contribution in [2.75, 3.05) is 12.3 Å². The topological polar surface area (TPSA) is 53.1 Å². The predicted molar refractivity (Wildman–Crippen MR) is 81.9 cm³/mol. The molecule has 0 atom stereocenters. The molecule has 0 bridgehead atoms. The summed E-state index contributed by atoms with van der Waals surface area (Å²) in [6.07, 6.45) is 3.92. The number of nitrogens with zero attached hydrogens (tertiary/aromatic N) is 2. The highest BCUT2D eigenvalue weighted by atomic mass is 16.5. The molecule has 2 N–H and O–H groups in total. The van der Waals surface area contributed by atoms with Gasteiger partial charge in [0.25, 0.3) is 0 Å². The summed E-state index contributed by atoms with van der Waals surface area (Å²) in [4.78, 5) is 0. The number of aromatic nitrogens is 2. The van der Waals surface area contributed by atoms with Gasteiger partial charge in [0.1, 0.15) is 5.69 Å². The molecule has 4 heteroatoms. The smallest absolute Gasteiger partial charge is 0.235 e. The van der Waals surface area contributed by atoms with E-state index in [9.17, 15) is 0 Å². The summed E-state index contributed by atoms with van der Waals surface area (Å²) in [7, 11) is 1.88. The number of nitrogen functional groups attached to an aromatic ring is 1. The maximum atomic E-state index is 6.08. The van der Waals surface area contributed by atoms with E-state index < -0.39 is 0 Å². The van der Waals surface area contributed by atoms with Crippen LogP contribution < -0.4 is 10.5 Å². The van der Waals surface area contributed by atoms with Crippen LogP contribution in [0, 0.1) is 0 Å². The van der Waals surface area contributed by atoms with Crippen LogP contribution in [0.15, 0.2) is 30.3 Å². The fourth-order valence-electron chi connectivity index (χ4n) is 2.26. The average Bonchev–Trinajstić information content (AvgIpc) is 2.72. The van der Waals surface area contributed by atoms with Crippen LogP contribution in [0.2, 0.25) is 0 Å². The largest absolute Gasteiger partial charge is 0.476 e. The van der Waals surface area contributed by atoms with Crippen molar-refractivity contribution in [3.05, 3.63) is 41.6 Å². The molecule has 0 amide bonds. The van der Waals surface area contributed by atoms with Crippen molar-refractivity contribution >= 4 is 5.69 Å². The molecule has 0 aliphatic heterocycles. The molecule has 0 fully saturated rings. The first-order chi connectivity index (χ1) is 9.72. The van der Waals surface area contributed by atoms with E-state index >= 15 is 0 Å². The molecule has 0 saturated heterocycles. The number of hydrogen-bond donors (Lipinski definition) is 1. The van der Waals surface area contributed by atoms with Gasteiger partial charge in [0.05, 0.1) is 12.3 Å². The average molecular weight is 273 g/mol. The second kappa shape index (κ2) is 6.98. The Morgan fingerprint density at radius 3 is 2.65 bits per heavy atom. The zero-order chi connectivity index (χ0) is 14.4. The summed E-state index contributed by atoms with van der Waals surface area (Å²) in [5.41, 5.74) is 9.04. The molecule has 1 aromatic carbocycles. The number of ether oxygens (including phenoxy) is 1.